The number of fused-ring (bicyclic) bond motifs is 1. The number of aryl methyl sites for hydroxylation is 2. The van der Waals surface area contributed by atoms with Gasteiger partial charge in [0.1, 0.15) is 0 Å². The Bertz CT molecular complexity index is 1070. The molecule has 6 nitrogen and oxygen atoms in total. The lowest BCUT2D eigenvalue weighted by molar-refractivity contribution is -0.115. The van der Waals surface area contributed by atoms with Crippen LogP contribution in [-0.4, -0.2) is 22.5 Å². The highest BCUT2D eigenvalue weighted by Gasteiger charge is 2.18. The summed E-state index contributed by atoms with van der Waals surface area (Å²) in [6.45, 7) is 6.02. The molecule has 1 aromatic heterocycles. The molecule has 7 heteroatoms. The minimum absolute atomic E-state index is 0.119. The van der Waals surface area contributed by atoms with E-state index in [9.17, 15) is 4.79 Å². The van der Waals surface area contributed by atoms with Gasteiger partial charge in [-0.2, -0.15) is 5.10 Å². The number of hydrogen-bond donors (Lipinski definition) is 1. The zero-order valence-electron chi connectivity index (χ0n) is 15.9. The van der Waals surface area contributed by atoms with Crippen molar-refractivity contribution in [2.75, 3.05) is 12.1 Å². The molecule has 0 unspecified atom stereocenters. The second kappa shape index (κ2) is 7.20. The predicted octanol–water partition coefficient (Wildman–Crippen LogP) is 4.36. The van der Waals surface area contributed by atoms with Gasteiger partial charge in [-0.3, -0.25) is 4.79 Å². The Kier molecular flexibility index (Phi) is 4.73. The largest absolute Gasteiger partial charge is 0.454 e. The number of ether oxygens (including phenoxy) is 2. The number of carbonyl (C=O) groups excluding carboxylic acids is 1. The van der Waals surface area contributed by atoms with E-state index in [0.29, 0.717) is 22.2 Å². The van der Waals surface area contributed by atoms with Crippen LogP contribution in [0.3, 0.4) is 0 Å². The maximum Gasteiger partial charge on any atom is 0.231 e. The lowest BCUT2D eigenvalue weighted by Gasteiger charge is -2.08. The van der Waals surface area contributed by atoms with Crippen molar-refractivity contribution in [1.82, 2.24) is 9.78 Å². The third kappa shape index (κ3) is 3.43. The molecule has 28 heavy (non-hydrogen) atoms. The van der Waals surface area contributed by atoms with Crippen LogP contribution in [0, 0.1) is 20.8 Å². The molecule has 0 fully saturated rings. The van der Waals surface area contributed by atoms with Crippen LogP contribution in [0.1, 0.15) is 22.5 Å². The Morgan fingerprint density at radius 2 is 1.93 bits per heavy atom. The van der Waals surface area contributed by atoms with Crippen LogP contribution >= 0.6 is 11.6 Å². The number of hydrogen-bond acceptors (Lipinski definition) is 4. The number of nitrogens with zero attached hydrogens (tertiary/aromatic N) is 2. The first-order valence-corrected chi connectivity index (χ1v) is 9.31. The summed E-state index contributed by atoms with van der Waals surface area (Å²) in [6.07, 6.45) is 0.228. The highest BCUT2D eigenvalue weighted by molar-refractivity contribution is 6.31. The zero-order chi connectivity index (χ0) is 19.8. The minimum atomic E-state index is -0.119. The fourth-order valence-electron chi connectivity index (χ4n) is 3.24. The van der Waals surface area contributed by atoms with Crippen LogP contribution in [0.5, 0.6) is 11.5 Å². The topological polar surface area (TPSA) is 65.4 Å². The SMILES string of the molecule is Cc1ccc(-n2nc(C)c(CC(=O)Nc3ccc4c(c3)OCO4)c2C)cc1Cl. The number of anilines is 1. The van der Waals surface area contributed by atoms with Gasteiger partial charge in [0, 0.05) is 28.0 Å². The van der Waals surface area contributed by atoms with Crippen LogP contribution in [0.15, 0.2) is 36.4 Å². The van der Waals surface area contributed by atoms with Gasteiger partial charge >= 0.3 is 0 Å². The van der Waals surface area contributed by atoms with Gasteiger partial charge in [-0.1, -0.05) is 17.7 Å². The normalized spacial score (nSPS) is 12.3. The molecule has 0 saturated heterocycles. The summed E-state index contributed by atoms with van der Waals surface area (Å²) in [7, 11) is 0. The summed E-state index contributed by atoms with van der Waals surface area (Å²) in [6, 6.07) is 11.2. The van der Waals surface area contributed by atoms with E-state index in [1.54, 1.807) is 18.2 Å². The van der Waals surface area contributed by atoms with Crippen molar-refractivity contribution in [2.24, 2.45) is 0 Å². The van der Waals surface area contributed by atoms with Crippen molar-refractivity contribution >= 4 is 23.2 Å². The number of benzene rings is 2. The summed E-state index contributed by atoms with van der Waals surface area (Å²) in [4.78, 5) is 12.6. The fourth-order valence-corrected chi connectivity index (χ4v) is 3.41. The highest BCUT2D eigenvalue weighted by Crippen LogP contribution is 2.34. The number of amides is 1. The van der Waals surface area contributed by atoms with E-state index in [1.807, 2.05) is 43.7 Å². The molecule has 0 aliphatic carbocycles. The average molecular weight is 398 g/mol. The van der Waals surface area contributed by atoms with E-state index in [-0.39, 0.29) is 19.1 Å². The van der Waals surface area contributed by atoms with Crippen LogP contribution < -0.4 is 14.8 Å². The summed E-state index contributed by atoms with van der Waals surface area (Å²) in [5.74, 6) is 1.20. The van der Waals surface area contributed by atoms with Gasteiger partial charge in [-0.05, 0) is 50.6 Å². The Hall–Kier alpha value is -2.99. The Morgan fingerprint density at radius 1 is 1.14 bits per heavy atom. The maximum atomic E-state index is 12.6. The van der Waals surface area contributed by atoms with Crippen LogP contribution in [-0.2, 0) is 11.2 Å². The maximum absolute atomic E-state index is 12.6. The van der Waals surface area contributed by atoms with E-state index >= 15 is 0 Å². The van der Waals surface area contributed by atoms with Gasteiger partial charge in [0.15, 0.2) is 11.5 Å². The molecule has 1 N–H and O–H groups in total. The Labute approximate surface area is 168 Å². The molecule has 0 spiro atoms. The van der Waals surface area contributed by atoms with Crippen molar-refractivity contribution in [3.8, 4) is 17.2 Å². The Balaban J connectivity index is 1.54. The van der Waals surface area contributed by atoms with Gasteiger partial charge in [-0.15, -0.1) is 0 Å². The molecular formula is C21H20ClN3O3. The van der Waals surface area contributed by atoms with Crippen LogP contribution in [0.4, 0.5) is 5.69 Å². The molecule has 1 aliphatic rings. The molecule has 0 atom stereocenters. The van der Waals surface area contributed by atoms with Gasteiger partial charge in [-0.25, -0.2) is 4.68 Å². The van der Waals surface area contributed by atoms with Crippen molar-refractivity contribution in [1.29, 1.82) is 0 Å². The number of halogens is 1. The molecule has 3 aromatic rings. The quantitative estimate of drug-likeness (QED) is 0.710. The van der Waals surface area contributed by atoms with Crippen LogP contribution in [0.25, 0.3) is 5.69 Å². The zero-order valence-corrected chi connectivity index (χ0v) is 16.6. The second-order valence-electron chi connectivity index (χ2n) is 6.79. The van der Waals surface area contributed by atoms with Crippen LogP contribution in [0.2, 0.25) is 5.02 Å². The van der Waals surface area contributed by atoms with Gasteiger partial charge in [0.2, 0.25) is 12.7 Å². The molecular weight excluding hydrogens is 378 g/mol. The van der Waals surface area contributed by atoms with Crippen molar-refractivity contribution < 1.29 is 14.3 Å². The molecule has 1 aliphatic heterocycles. The van der Waals surface area contributed by atoms with E-state index < -0.39 is 0 Å². The summed E-state index contributed by atoms with van der Waals surface area (Å²) in [5, 5.41) is 8.19. The monoisotopic (exact) mass is 397 g/mol. The van der Waals surface area contributed by atoms with E-state index in [1.165, 1.54) is 0 Å². The molecule has 2 heterocycles. The third-order valence-electron chi connectivity index (χ3n) is 4.83. The Morgan fingerprint density at radius 3 is 2.71 bits per heavy atom. The highest BCUT2D eigenvalue weighted by atomic mass is 35.5. The summed E-state index contributed by atoms with van der Waals surface area (Å²) in [5.41, 5.74) is 5.18. The molecule has 0 radical (unpaired) electrons. The molecule has 2 aromatic carbocycles. The molecule has 0 bridgehead atoms. The van der Waals surface area contributed by atoms with Crippen molar-refractivity contribution in [3.63, 3.8) is 0 Å². The van der Waals surface area contributed by atoms with E-state index in [0.717, 1.165) is 28.2 Å². The smallest absolute Gasteiger partial charge is 0.231 e. The summed E-state index contributed by atoms with van der Waals surface area (Å²) >= 11 is 6.25. The van der Waals surface area contributed by atoms with Gasteiger partial charge in [0.25, 0.3) is 0 Å². The van der Waals surface area contributed by atoms with Gasteiger partial charge in [0.05, 0.1) is 17.8 Å². The first-order valence-electron chi connectivity index (χ1n) is 8.93. The standard InChI is InChI=1S/C21H20ClN3O3/c1-12-4-6-16(9-18(12)22)25-14(3)17(13(2)24-25)10-21(26)23-15-5-7-19-20(8-15)28-11-27-19/h4-9H,10-11H2,1-3H3,(H,23,26). The van der Waals surface area contributed by atoms with E-state index in [4.69, 9.17) is 21.1 Å². The third-order valence-corrected chi connectivity index (χ3v) is 5.24. The number of nitrogens with one attached hydrogen (secondary N) is 1. The molecule has 1 amide bonds. The predicted molar refractivity (Wildman–Crippen MR) is 108 cm³/mol. The number of carbonyl (C=O) groups is 1. The first-order chi connectivity index (χ1) is 13.4. The fraction of sp³-hybridized carbons (Fsp3) is 0.238. The average Bonchev–Trinajstić information content (AvgIpc) is 3.23. The van der Waals surface area contributed by atoms with E-state index in [2.05, 4.69) is 10.4 Å². The number of aromatic nitrogens is 2. The molecule has 144 valence electrons. The lowest BCUT2D eigenvalue weighted by atomic mass is 10.1. The van der Waals surface area contributed by atoms with Gasteiger partial charge < -0.3 is 14.8 Å². The van der Waals surface area contributed by atoms with Crippen molar-refractivity contribution in [2.45, 2.75) is 27.2 Å². The minimum Gasteiger partial charge on any atom is -0.454 e. The second-order valence-corrected chi connectivity index (χ2v) is 7.19. The summed E-state index contributed by atoms with van der Waals surface area (Å²) < 4.78 is 12.5. The lowest BCUT2D eigenvalue weighted by Crippen LogP contribution is -2.15. The van der Waals surface area contributed by atoms with Crippen molar-refractivity contribution in [3.05, 3.63) is 63.9 Å². The number of rotatable bonds is 4. The first kappa shape index (κ1) is 18.4. The molecule has 4 rings (SSSR count). The molecule has 0 saturated carbocycles.